The number of aliphatic hydroxyl groups is 1. The summed E-state index contributed by atoms with van der Waals surface area (Å²) in [6, 6.07) is 0.608. The van der Waals surface area contributed by atoms with Crippen LogP contribution < -0.4 is 5.32 Å². The Kier molecular flexibility index (Phi) is 3.47. The summed E-state index contributed by atoms with van der Waals surface area (Å²) in [6.45, 7) is 0.985. The molecule has 0 aliphatic heterocycles. The van der Waals surface area contributed by atoms with Crippen LogP contribution in [-0.4, -0.2) is 24.3 Å². The maximum absolute atomic E-state index is 8.52. The van der Waals surface area contributed by atoms with Gasteiger partial charge in [0.2, 0.25) is 0 Å². The van der Waals surface area contributed by atoms with Crippen molar-refractivity contribution in [1.82, 2.24) is 5.32 Å². The van der Waals surface area contributed by atoms with Crippen LogP contribution in [0.15, 0.2) is 12.2 Å². The van der Waals surface area contributed by atoms with Crippen molar-refractivity contribution in [1.29, 1.82) is 0 Å². The maximum atomic E-state index is 8.52. The Morgan fingerprint density at radius 1 is 1.50 bits per heavy atom. The SMILES string of the molecule is OCCN[C@@H]1CC=CCC1. The fourth-order valence-electron chi connectivity index (χ4n) is 1.25. The minimum Gasteiger partial charge on any atom is -0.395 e. The zero-order valence-corrected chi connectivity index (χ0v) is 6.21. The van der Waals surface area contributed by atoms with E-state index in [0.717, 1.165) is 13.0 Å². The first-order valence-electron chi connectivity index (χ1n) is 3.92. The molecule has 2 nitrogen and oxygen atoms in total. The minimum absolute atomic E-state index is 0.250. The van der Waals surface area contributed by atoms with E-state index in [2.05, 4.69) is 17.5 Å². The summed E-state index contributed by atoms with van der Waals surface area (Å²) in [5.41, 5.74) is 0. The van der Waals surface area contributed by atoms with E-state index in [1.54, 1.807) is 0 Å². The van der Waals surface area contributed by atoms with Gasteiger partial charge in [-0.2, -0.15) is 0 Å². The lowest BCUT2D eigenvalue weighted by Gasteiger charge is -2.18. The molecule has 1 atom stereocenters. The second-order valence-electron chi connectivity index (χ2n) is 2.66. The third kappa shape index (κ3) is 2.50. The largest absolute Gasteiger partial charge is 0.395 e. The van der Waals surface area contributed by atoms with Crippen molar-refractivity contribution in [2.24, 2.45) is 0 Å². The van der Waals surface area contributed by atoms with Crippen molar-refractivity contribution in [3.05, 3.63) is 12.2 Å². The molecule has 0 radical (unpaired) electrons. The smallest absolute Gasteiger partial charge is 0.0556 e. The molecule has 1 aliphatic rings. The molecule has 0 saturated carbocycles. The van der Waals surface area contributed by atoms with Gasteiger partial charge < -0.3 is 10.4 Å². The van der Waals surface area contributed by atoms with Crippen molar-refractivity contribution in [2.45, 2.75) is 25.3 Å². The molecule has 2 N–H and O–H groups in total. The number of allylic oxidation sites excluding steroid dienone is 1. The van der Waals surface area contributed by atoms with Gasteiger partial charge in [-0.15, -0.1) is 0 Å². The quantitative estimate of drug-likeness (QED) is 0.566. The molecular formula is C8H15NO. The second-order valence-corrected chi connectivity index (χ2v) is 2.66. The molecule has 0 aromatic rings. The normalized spacial score (nSPS) is 25.1. The van der Waals surface area contributed by atoms with Crippen LogP contribution in [0, 0.1) is 0 Å². The molecule has 0 amide bonds. The molecule has 2 heteroatoms. The Labute approximate surface area is 61.9 Å². The molecule has 10 heavy (non-hydrogen) atoms. The monoisotopic (exact) mass is 141 g/mol. The van der Waals surface area contributed by atoms with Gasteiger partial charge in [-0.1, -0.05) is 12.2 Å². The number of aliphatic hydroxyl groups excluding tert-OH is 1. The Hall–Kier alpha value is -0.340. The number of nitrogens with one attached hydrogen (secondary N) is 1. The Balaban J connectivity index is 2.10. The van der Waals surface area contributed by atoms with E-state index in [-0.39, 0.29) is 6.61 Å². The molecule has 0 heterocycles. The molecule has 0 saturated heterocycles. The average molecular weight is 141 g/mol. The van der Waals surface area contributed by atoms with E-state index in [4.69, 9.17) is 5.11 Å². The van der Waals surface area contributed by atoms with Crippen LogP contribution in [0.2, 0.25) is 0 Å². The Bertz CT molecular complexity index is 112. The lowest BCUT2D eigenvalue weighted by atomic mass is 10.0. The molecule has 0 bridgehead atoms. The van der Waals surface area contributed by atoms with Crippen LogP contribution in [0.5, 0.6) is 0 Å². The molecule has 1 aliphatic carbocycles. The summed E-state index contributed by atoms with van der Waals surface area (Å²) >= 11 is 0. The van der Waals surface area contributed by atoms with Crippen LogP contribution in [0.3, 0.4) is 0 Å². The first kappa shape index (κ1) is 7.76. The Morgan fingerprint density at radius 2 is 2.40 bits per heavy atom. The molecule has 0 aromatic heterocycles. The zero-order chi connectivity index (χ0) is 7.23. The van der Waals surface area contributed by atoms with Gasteiger partial charge in [-0.25, -0.2) is 0 Å². The van der Waals surface area contributed by atoms with E-state index in [0.29, 0.717) is 6.04 Å². The molecular weight excluding hydrogens is 126 g/mol. The summed E-state index contributed by atoms with van der Waals surface area (Å²) in [5.74, 6) is 0. The van der Waals surface area contributed by atoms with Crippen molar-refractivity contribution >= 4 is 0 Å². The van der Waals surface area contributed by atoms with Gasteiger partial charge in [0.15, 0.2) is 0 Å². The highest BCUT2D eigenvalue weighted by Crippen LogP contribution is 2.09. The molecule has 0 aromatic carbocycles. The average Bonchev–Trinajstić information content (AvgIpc) is 2.03. The van der Waals surface area contributed by atoms with Crippen LogP contribution in [0.4, 0.5) is 0 Å². The minimum atomic E-state index is 0.250. The lowest BCUT2D eigenvalue weighted by molar-refractivity contribution is 0.281. The maximum Gasteiger partial charge on any atom is 0.0556 e. The van der Waals surface area contributed by atoms with Gasteiger partial charge in [-0.3, -0.25) is 0 Å². The van der Waals surface area contributed by atoms with Crippen LogP contribution in [-0.2, 0) is 0 Å². The number of hydrogen-bond donors (Lipinski definition) is 2. The fourth-order valence-corrected chi connectivity index (χ4v) is 1.25. The highest BCUT2D eigenvalue weighted by molar-refractivity contribution is 4.92. The van der Waals surface area contributed by atoms with Gasteiger partial charge in [0, 0.05) is 12.6 Å². The third-order valence-corrected chi connectivity index (χ3v) is 1.81. The van der Waals surface area contributed by atoms with E-state index in [1.807, 2.05) is 0 Å². The van der Waals surface area contributed by atoms with Gasteiger partial charge in [0.05, 0.1) is 6.61 Å². The summed E-state index contributed by atoms with van der Waals surface area (Å²) < 4.78 is 0. The summed E-state index contributed by atoms with van der Waals surface area (Å²) in [7, 11) is 0. The van der Waals surface area contributed by atoms with Crippen molar-refractivity contribution in [3.8, 4) is 0 Å². The highest BCUT2D eigenvalue weighted by Gasteiger charge is 2.06. The zero-order valence-electron chi connectivity index (χ0n) is 6.21. The molecule has 1 rings (SSSR count). The standard InChI is InChI=1S/C8H15NO/c10-7-6-9-8-4-2-1-3-5-8/h1-2,8-10H,3-7H2/t8-/m1/s1. The van der Waals surface area contributed by atoms with Crippen molar-refractivity contribution in [3.63, 3.8) is 0 Å². The first-order valence-corrected chi connectivity index (χ1v) is 3.92. The second kappa shape index (κ2) is 4.47. The van der Waals surface area contributed by atoms with Gasteiger partial charge in [0.25, 0.3) is 0 Å². The van der Waals surface area contributed by atoms with Gasteiger partial charge in [-0.05, 0) is 19.3 Å². The summed E-state index contributed by atoms with van der Waals surface area (Å²) in [6.07, 6.45) is 7.95. The van der Waals surface area contributed by atoms with Crippen LogP contribution >= 0.6 is 0 Å². The van der Waals surface area contributed by atoms with E-state index in [9.17, 15) is 0 Å². The van der Waals surface area contributed by atoms with Gasteiger partial charge in [0.1, 0.15) is 0 Å². The first-order chi connectivity index (χ1) is 4.93. The topological polar surface area (TPSA) is 32.3 Å². The predicted molar refractivity (Wildman–Crippen MR) is 41.9 cm³/mol. The number of hydrogen-bond acceptors (Lipinski definition) is 2. The fraction of sp³-hybridized carbons (Fsp3) is 0.750. The highest BCUT2D eigenvalue weighted by atomic mass is 16.3. The van der Waals surface area contributed by atoms with Crippen molar-refractivity contribution in [2.75, 3.05) is 13.2 Å². The van der Waals surface area contributed by atoms with E-state index in [1.165, 1.54) is 12.8 Å². The Morgan fingerprint density at radius 3 is 3.00 bits per heavy atom. The van der Waals surface area contributed by atoms with Crippen molar-refractivity contribution < 1.29 is 5.11 Å². The summed E-state index contributed by atoms with van der Waals surface area (Å²) in [4.78, 5) is 0. The van der Waals surface area contributed by atoms with Crippen LogP contribution in [0.25, 0.3) is 0 Å². The van der Waals surface area contributed by atoms with Gasteiger partial charge >= 0.3 is 0 Å². The van der Waals surface area contributed by atoms with Crippen LogP contribution in [0.1, 0.15) is 19.3 Å². The predicted octanol–water partition coefficient (Wildman–Crippen LogP) is 0.677. The molecule has 0 unspecified atom stereocenters. The molecule has 58 valence electrons. The lowest BCUT2D eigenvalue weighted by Crippen LogP contribution is -2.31. The molecule has 0 fully saturated rings. The third-order valence-electron chi connectivity index (χ3n) is 1.81. The van der Waals surface area contributed by atoms with E-state index < -0.39 is 0 Å². The molecule has 0 spiro atoms. The van der Waals surface area contributed by atoms with E-state index >= 15 is 0 Å². The summed E-state index contributed by atoms with van der Waals surface area (Å²) in [5, 5.41) is 11.8. The number of rotatable bonds is 3.